The second-order valence-corrected chi connectivity index (χ2v) is 5.67. The number of hydrogen-bond acceptors (Lipinski definition) is 4. The van der Waals surface area contributed by atoms with Crippen LogP contribution >= 0.6 is 0 Å². The van der Waals surface area contributed by atoms with E-state index in [9.17, 15) is 4.79 Å². The topological polar surface area (TPSA) is 63.7 Å². The number of anilines is 1. The highest BCUT2D eigenvalue weighted by Gasteiger charge is 2.25. The molecule has 1 aromatic heterocycles. The number of likely N-dealkylation sites (tertiary alicyclic amines) is 1. The minimum atomic E-state index is -0.119. The minimum absolute atomic E-state index is 0.00258. The molecule has 0 spiro atoms. The van der Waals surface area contributed by atoms with Crippen LogP contribution in [0.5, 0.6) is 11.5 Å². The number of piperidine rings is 1. The molecule has 0 aliphatic carbocycles. The molecule has 1 aromatic carbocycles. The molecule has 0 bridgehead atoms. The first-order chi connectivity index (χ1) is 11.7. The fourth-order valence-corrected chi connectivity index (χ4v) is 2.73. The van der Waals surface area contributed by atoms with E-state index in [0.29, 0.717) is 12.3 Å². The monoisotopic (exact) mass is 327 g/mol. The van der Waals surface area contributed by atoms with Crippen molar-refractivity contribution in [1.29, 1.82) is 0 Å². The maximum Gasteiger partial charge on any atom is 0.321 e. The second kappa shape index (κ2) is 7.68. The van der Waals surface area contributed by atoms with Gasteiger partial charge < -0.3 is 19.7 Å². The smallest absolute Gasteiger partial charge is 0.321 e. The Bertz CT molecular complexity index is 678. The van der Waals surface area contributed by atoms with Crippen molar-refractivity contribution >= 4 is 11.7 Å². The Morgan fingerprint density at radius 2 is 2.08 bits per heavy atom. The number of carbonyl (C=O) groups excluding carboxylic acids is 1. The SMILES string of the molecule is COc1cccc(NC(=O)N2CCCC(Oc3ccncc3)C2)c1. The molecule has 1 N–H and O–H groups in total. The molecular weight excluding hydrogens is 306 g/mol. The lowest BCUT2D eigenvalue weighted by atomic mass is 10.1. The summed E-state index contributed by atoms with van der Waals surface area (Å²) >= 11 is 0. The molecule has 3 rings (SSSR count). The highest BCUT2D eigenvalue weighted by atomic mass is 16.5. The molecule has 1 unspecified atom stereocenters. The fourth-order valence-electron chi connectivity index (χ4n) is 2.73. The predicted molar refractivity (Wildman–Crippen MR) is 91.5 cm³/mol. The van der Waals surface area contributed by atoms with Crippen LogP contribution in [0.15, 0.2) is 48.8 Å². The van der Waals surface area contributed by atoms with Gasteiger partial charge in [0, 0.05) is 30.7 Å². The molecule has 1 aliphatic rings. The molecule has 0 saturated carbocycles. The molecule has 1 saturated heterocycles. The number of amides is 2. The summed E-state index contributed by atoms with van der Waals surface area (Å²) < 4.78 is 11.1. The molecule has 6 nitrogen and oxygen atoms in total. The summed E-state index contributed by atoms with van der Waals surface area (Å²) in [4.78, 5) is 18.2. The van der Waals surface area contributed by atoms with E-state index in [1.165, 1.54) is 0 Å². The van der Waals surface area contributed by atoms with Crippen molar-refractivity contribution in [3.8, 4) is 11.5 Å². The van der Waals surface area contributed by atoms with E-state index in [0.717, 1.165) is 30.8 Å². The average molecular weight is 327 g/mol. The van der Waals surface area contributed by atoms with Crippen molar-refractivity contribution in [2.75, 3.05) is 25.5 Å². The molecule has 1 aliphatic heterocycles. The molecule has 2 heterocycles. The van der Waals surface area contributed by atoms with Gasteiger partial charge in [-0.1, -0.05) is 6.07 Å². The van der Waals surface area contributed by atoms with Gasteiger partial charge in [0.1, 0.15) is 17.6 Å². The van der Waals surface area contributed by atoms with Crippen LogP contribution in [0.1, 0.15) is 12.8 Å². The van der Waals surface area contributed by atoms with Gasteiger partial charge >= 0.3 is 6.03 Å². The first-order valence-corrected chi connectivity index (χ1v) is 8.01. The lowest BCUT2D eigenvalue weighted by Gasteiger charge is -2.32. The van der Waals surface area contributed by atoms with E-state index in [1.807, 2.05) is 30.3 Å². The minimum Gasteiger partial charge on any atom is -0.497 e. The van der Waals surface area contributed by atoms with E-state index < -0.39 is 0 Å². The van der Waals surface area contributed by atoms with Gasteiger partial charge in [-0.2, -0.15) is 0 Å². The molecule has 2 aromatic rings. The normalized spacial score (nSPS) is 17.2. The summed E-state index contributed by atoms with van der Waals surface area (Å²) in [6.07, 6.45) is 5.25. The Kier molecular flexibility index (Phi) is 5.15. The van der Waals surface area contributed by atoms with E-state index in [1.54, 1.807) is 30.5 Å². The van der Waals surface area contributed by atoms with Crippen LogP contribution in [0.3, 0.4) is 0 Å². The first-order valence-electron chi connectivity index (χ1n) is 8.01. The van der Waals surface area contributed by atoms with Gasteiger partial charge in [0.25, 0.3) is 0 Å². The van der Waals surface area contributed by atoms with E-state index in [2.05, 4.69) is 10.3 Å². The number of aromatic nitrogens is 1. The summed E-state index contributed by atoms with van der Waals surface area (Å²) in [7, 11) is 1.60. The first kappa shape index (κ1) is 16.1. The fraction of sp³-hybridized carbons (Fsp3) is 0.333. The van der Waals surface area contributed by atoms with Crippen molar-refractivity contribution < 1.29 is 14.3 Å². The Hall–Kier alpha value is -2.76. The van der Waals surface area contributed by atoms with E-state index in [-0.39, 0.29) is 12.1 Å². The van der Waals surface area contributed by atoms with Crippen LogP contribution in [0.25, 0.3) is 0 Å². The van der Waals surface area contributed by atoms with Crippen LogP contribution in [0.2, 0.25) is 0 Å². The highest BCUT2D eigenvalue weighted by molar-refractivity contribution is 5.89. The zero-order valence-electron chi connectivity index (χ0n) is 13.6. The van der Waals surface area contributed by atoms with Gasteiger partial charge in [0.2, 0.25) is 0 Å². The van der Waals surface area contributed by atoms with E-state index >= 15 is 0 Å². The summed E-state index contributed by atoms with van der Waals surface area (Å²) in [5, 5.41) is 2.91. The summed E-state index contributed by atoms with van der Waals surface area (Å²) in [6.45, 7) is 1.30. The molecule has 24 heavy (non-hydrogen) atoms. The maximum atomic E-state index is 12.5. The summed E-state index contributed by atoms with van der Waals surface area (Å²) in [5.74, 6) is 1.50. The van der Waals surface area contributed by atoms with Crippen molar-refractivity contribution in [1.82, 2.24) is 9.88 Å². The van der Waals surface area contributed by atoms with Crippen molar-refractivity contribution in [3.05, 3.63) is 48.8 Å². The van der Waals surface area contributed by atoms with Crippen LogP contribution in [0, 0.1) is 0 Å². The number of methoxy groups -OCH3 is 1. The second-order valence-electron chi connectivity index (χ2n) is 5.67. The third-order valence-electron chi connectivity index (χ3n) is 3.94. The Labute approximate surface area is 141 Å². The van der Waals surface area contributed by atoms with Crippen LogP contribution < -0.4 is 14.8 Å². The van der Waals surface area contributed by atoms with Gasteiger partial charge in [-0.25, -0.2) is 4.79 Å². The largest absolute Gasteiger partial charge is 0.497 e. The predicted octanol–water partition coefficient (Wildman–Crippen LogP) is 3.17. The Morgan fingerprint density at radius 1 is 1.25 bits per heavy atom. The van der Waals surface area contributed by atoms with Crippen LogP contribution in [-0.4, -0.2) is 42.2 Å². The van der Waals surface area contributed by atoms with Gasteiger partial charge in [0.05, 0.1) is 13.7 Å². The number of urea groups is 1. The molecule has 126 valence electrons. The maximum absolute atomic E-state index is 12.5. The summed E-state index contributed by atoms with van der Waals surface area (Å²) in [5.41, 5.74) is 0.719. The number of benzene rings is 1. The van der Waals surface area contributed by atoms with Crippen molar-refractivity contribution in [2.24, 2.45) is 0 Å². The quantitative estimate of drug-likeness (QED) is 0.937. The molecule has 2 amide bonds. The van der Waals surface area contributed by atoms with Crippen molar-refractivity contribution in [2.45, 2.75) is 18.9 Å². The van der Waals surface area contributed by atoms with E-state index in [4.69, 9.17) is 9.47 Å². The zero-order valence-corrected chi connectivity index (χ0v) is 13.6. The van der Waals surface area contributed by atoms with Crippen molar-refractivity contribution in [3.63, 3.8) is 0 Å². The number of hydrogen-bond donors (Lipinski definition) is 1. The number of pyridine rings is 1. The molecular formula is C18H21N3O3. The third-order valence-corrected chi connectivity index (χ3v) is 3.94. The molecule has 1 fully saturated rings. The number of ether oxygens (including phenoxy) is 2. The molecule has 1 atom stereocenters. The number of rotatable bonds is 4. The van der Waals surface area contributed by atoms with Gasteiger partial charge in [-0.15, -0.1) is 0 Å². The van der Waals surface area contributed by atoms with Gasteiger partial charge in [0.15, 0.2) is 0 Å². The number of carbonyl (C=O) groups is 1. The lowest BCUT2D eigenvalue weighted by Crippen LogP contribution is -2.46. The molecule has 6 heteroatoms. The van der Waals surface area contributed by atoms with Crippen LogP contribution in [0.4, 0.5) is 10.5 Å². The van der Waals surface area contributed by atoms with Gasteiger partial charge in [-0.05, 0) is 37.1 Å². The molecule has 0 radical (unpaired) electrons. The summed E-state index contributed by atoms with van der Waals surface area (Å²) in [6, 6.07) is 10.9. The average Bonchev–Trinajstić information content (AvgIpc) is 2.63. The van der Waals surface area contributed by atoms with Crippen LogP contribution in [-0.2, 0) is 0 Å². The Balaban J connectivity index is 1.58. The highest BCUT2D eigenvalue weighted by Crippen LogP contribution is 2.20. The third kappa shape index (κ3) is 4.16. The zero-order chi connectivity index (χ0) is 16.8. The Morgan fingerprint density at radius 3 is 2.88 bits per heavy atom. The lowest BCUT2D eigenvalue weighted by molar-refractivity contribution is 0.106. The number of nitrogens with zero attached hydrogens (tertiary/aromatic N) is 2. The number of nitrogens with one attached hydrogen (secondary N) is 1. The standard InChI is InChI=1S/C18H21N3O3/c1-23-16-5-2-4-14(12-16)20-18(22)21-11-3-6-17(13-21)24-15-7-9-19-10-8-15/h2,4-5,7-10,12,17H,3,6,11,13H2,1H3,(H,20,22). The van der Waals surface area contributed by atoms with Gasteiger partial charge in [-0.3, -0.25) is 4.98 Å².